The summed E-state index contributed by atoms with van der Waals surface area (Å²) in [5.74, 6) is -0.464. The molecule has 2 aromatic heterocycles. The molecule has 1 atom stereocenters. The maximum Gasteiger partial charge on any atom is 0.436 e. The van der Waals surface area contributed by atoms with E-state index in [0.29, 0.717) is 17.9 Å². The molecule has 0 bridgehead atoms. The van der Waals surface area contributed by atoms with E-state index in [1.807, 2.05) is 13.8 Å². The van der Waals surface area contributed by atoms with Crippen LogP contribution in [0.25, 0.3) is 0 Å². The van der Waals surface area contributed by atoms with Crippen LogP contribution in [0.2, 0.25) is 0 Å². The van der Waals surface area contributed by atoms with Gasteiger partial charge in [-0.05, 0) is 50.5 Å². The van der Waals surface area contributed by atoms with E-state index in [-0.39, 0.29) is 10.2 Å². The van der Waals surface area contributed by atoms with Gasteiger partial charge in [-0.2, -0.15) is 23.4 Å². The molecule has 10 heteroatoms. The van der Waals surface area contributed by atoms with Crippen LogP contribution in [-0.2, 0) is 17.5 Å². The highest BCUT2D eigenvalue weighted by Gasteiger charge is 2.39. The van der Waals surface area contributed by atoms with Gasteiger partial charge in [-0.15, -0.1) is 0 Å². The first kappa shape index (κ1) is 19.5. The van der Waals surface area contributed by atoms with Crippen molar-refractivity contribution >= 4 is 27.5 Å². The standard InChI is InChI=1S/C15H19BrF3N5O/c1-6-23-9(4)12(7(2)21-23)20-14(25)10(5)24-8(3)11(16)13(22-24)15(17,18)19/h10H,6H2,1-5H3,(H,20,25). The summed E-state index contributed by atoms with van der Waals surface area (Å²) in [4.78, 5) is 12.5. The van der Waals surface area contributed by atoms with Crippen molar-refractivity contribution in [1.82, 2.24) is 19.6 Å². The third-order valence-corrected chi connectivity index (χ3v) is 4.97. The fourth-order valence-corrected chi connectivity index (χ4v) is 3.07. The Kier molecular flexibility index (Phi) is 5.31. The minimum Gasteiger partial charge on any atom is -0.321 e. The Morgan fingerprint density at radius 2 is 1.84 bits per heavy atom. The first-order valence-electron chi connectivity index (χ1n) is 7.65. The van der Waals surface area contributed by atoms with Gasteiger partial charge in [-0.3, -0.25) is 14.2 Å². The molecule has 138 valence electrons. The lowest BCUT2D eigenvalue weighted by molar-refractivity contribution is -0.142. The minimum absolute atomic E-state index is 0.161. The van der Waals surface area contributed by atoms with Crippen molar-refractivity contribution in [2.75, 3.05) is 5.32 Å². The molecular formula is C15H19BrF3N5O. The first-order valence-corrected chi connectivity index (χ1v) is 8.45. The largest absolute Gasteiger partial charge is 0.436 e. The summed E-state index contributed by atoms with van der Waals surface area (Å²) in [6, 6.07) is -0.920. The Hall–Kier alpha value is -1.84. The molecule has 0 aliphatic carbocycles. The van der Waals surface area contributed by atoms with Crippen LogP contribution in [0.5, 0.6) is 0 Å². The van der Waals surface area contributed by atoms with E-state index in [0.717, 1.165) is 10.4 Å². The highest BCUT2D eigenvalue weighted by Crippen LogP contribution is 2.36. The SMILES string of the molecule is CCn1nc(C)c(NC(=O)C(C)n2nc(C(F)(F)F)c(Br)c2C)c1C. The smallest absolute Gasteiger partial charge is 0.321 e. The number of carbonyl (C=O) groups excluding carboxylic acids is 1. The second-order valence-electron chi connectivity index (χ2n) is 5.72. The highest BCUT2D eigenvalue weighted by atomic mass is 79.9. The van der Waals surface area contributed by atoms with Crippen LogP contribution in [0.3, 0.4) is 0 Å². The van der Waals surface area contributed by atoms with Crippen LogP contribution < -0.4 is 5.32 Å². The van der Waals surface area contributed by atoms with Crippen LogP contribution in [-0.4, -0.2) is 25.5 Å². The second kappa shape index (κ2) is 6.81. The van der Waals surface area contributed by atoms with Gasteiger partial charge >= 0.3 is 6.18 Å². The van der Waals surface area contributed by atoms with Gasteiger partial charge in [0, 0.05) is 6.54 Å². The number of amides is 1. The van der Waals surface area contributed by atoms with Gasteiger partial charge in [-0.1, -0.05) is 0 Å². The van der Waals surface area contributed by atoms with Crippen molar-refractivity contribution in [3.63, 3.8) is 0 Å². The van der Waals surface area contributed by atoms with Crippen LogP contribution in [0, 0.1) is 20.8 Å². The van der Waals surface area contributed by atoms with Gasteiger partial charge in [0.25, 0.3) is 0 Å². The summed E-state index contributed by atoms with van der Waals surface area (Å²) < 4.78 is 41.6. The normalized spacial score (nSPS) is 13.2. The van der Waals surface area contributed by atoms with E-state index in [2.05, 4.69) is 31.4 Å². The number of anilines is 1. The molecule has 2 rings (SSSR count). The van der Waals surface area contributed by atoms with Crippen molar-refractivity contribution in [3.8, 4) is 0 Å². The van der Waals surface area contributed by atoms with E-state index in [1.54, 1.807) is 11.6 Å². The minimum atomic E-state index is -4.60. The second-order valence-corrected chi connectivity index (χ2v) is 6.51. The van der Waals surface area contributed by atoms with Gasteiger partial charge in [-0.25, -0.2) is 0 Å². The molecule has 1 N–H and O–H groups in total. The molecule has 0 aliphatic heterocycles. The molecule has 25 heavy (non-hydrogen) atoms. The van der Waals surface area contributed by atoms with Gasteiger partial charge in [0.05, 0.1) is 27.2 Å². The molecule has 0 fully saturated rings. The average molecular weight is 422 g/mol. The van der Waals surface area contributed by atoms with Crippen molar-refractivity contribution in [2.24, 2.45) is 0 Å². The molecule has 0 spiro atoms. The van der Waals surface area contributed by atoms with Crippen molar-refractivity contribution in [3.05, 3.63) is 27.2 Å². The predicted octanol–water partition coefficient (Wildman–Crippen LogP) is 4.01. The zero-order valence-corrected chi connectivity index (χ0v) is 16.1. The number of hydrogen-bond acceptors (Lipinski definition) is 3. The van der Waals surface area contributed by atoms with E-state index >= 15 is 0 Å². The lowest BCUT2D eigenvalue weighted by atomic mass is 10.2. The molecule has 1 amide bonds. The summed E-state index contributed by atoms with van der Waals surface area (Å²) in [7, 11) is 0. The van der Waals surface area contributed by atoms with Gasteiger partial charge in [0.2, 0.25) is 5.91 Å². The summed E-state index contributed by atoms with van der Waals surface area (Å²) in [5.41, 5.74) is 1.19. The van der Waals surface area contributed by atoms with E-state index < -0.39 is 23.8 Å². The molecule has 0 aliphatic rings. The quantitative estimate of drug-likeness (QED) is 0.810. The third kappa shape index (κ3) is 3.58. The number of alkyl halides is 3. The predicted molar refractivity (Wildman–Crippen MR) is 90.4 cm³/mol. The van der Waals surface area contributed by atoms with Crippen LogP contribution in [0.15, 0.2) is 4.47 Å². The van der Waals surface area contributed by atoms with Crippen LogP contribution in [0.4, 0.5) is 18.9 Å². The fourth-order valence-electron chi connectivity index (χ4n) is 2.58. The Balaban J connectivity index is 2.31. The molecule has 0 saturated heterocycles. The fraction of sp³-hybridized carbons (Fsp3) is 0.533. The Bertz CT molecular complexity index is 809. The Morgan fingerprint density at radius 1 is 1.24 bits per heavy atom. The molecule has 0 saturated carbocycles. The number of hydrogen-bond donors (Lipinski definition) is 1. The summed E-state index contributed by atoms with van der Waals surface area (Å²) >= 11 is 2.91. The van der Waals surface area contributed by atoms with Crippen molar-refractivity contribution in [1.29, 1.82) is 0 Å². The van der Waals surface area contributed by atoms with Crippen LogP contribution >= 0.6 is 15.9 Å². The first-order chi connectivity index (χ1) is 11.5. The van der Waals surface area contributed by atoms with Gasteiger partial charge in [0.1, 0.15) is 6.04 Å². The van der Waals surface area contributed by atoms with E-state index in [4.69, 9.17) is 0 Å². The average Bonchev–Trinajstić information content (AvgIpc) is 2.97. The topological polar surface area (TPSA) is 64.7 Å². The van der Waals surface area contributed by atoms with Gasteiger partial charge < -0.3 is 5.32 Å². The summed E-state index contributed by atoms with van der Waals surface area (Å²) in [6.07, 6.45) is -4.60. The monoisotopic (exact) mass is 421 g/mol. The molecule has 2 aromatic rings. The van der Waals surface area contributed by atoms with Gasteiger partial charge in [0.15, 0.2) is 5.69 Å². The number of rotatable bonds is 4. The molecule has 0 radical (unpaired) electrons. The van der Waals surface area contributed by atoms with Crippen molar-refractivity contribution in [2.45, 2.75) is 53.4 Å². The zero-order valence-electron chi connectivity index (χ0n) is 14.5. The lowest BCUT2D eigenvalue weighted by Gasteiger charge is -2.15. The highest BCUT2D eigenvalue weighted by molar-refractivity contribution is 9.10. The maximum absolute atomic E-state index is 13.0. The molecule has 0 aromatic carbocycles. The summed E-state index contributed by atoms with van der Waals surface area (Å²) in [5, 5.41) is 10.6. The molecule has 1 unspecified atom stereocenters. The summed E-state index contributed by atoms with van der Waals surface area (Å²) in [6.45, 7) is 9.13. The lowest BCUT2D eigenvalue weighted by Crippen LogP contribution is -2.26. The number of nitrogens with zero attached hydrogens (tertiary/aromatic N) is 4. The van der Waals surface area contributed by atoms with Crippen LogP contribution in [0.1, 0.15) is 42.7 Å². The number of halogens is 4. The number of nitrogens with one attached hydrogen (secondary N) is 1. The Morgan fingerprint density at radius 3 is 2.28 bits per heavy atom. The maximum atomic E-state index is 13.0. The molecule has 6 nitrogen and oxygen atoms in total. The van der Waals surface area contributed by atoms with Crippen molar-refractivity contribution < 1.29 is 18.0 Å². The number of aromatic nitrogens is 4. The van der Waals surface area contributed by atoms with E-state index in [1.165, 1.54) is 13.8 Å². The Labute approximate surface area is 151 Å². The number of carbonyl (C=O) groups is 1. The molecule has 2 heterocycles. The number of aryl methyl sites for hydroxylation is 2. The zero-order chi connectivity index (χ0) is 19.1. The van der Waals surface area contributed by atoms with E-state index in [9.17, 15) is 18.0 Å². The molecular weight excluding hydrogens is 403 g/mol. The third-order valence-electron chi connectivity index (χ3n) is 4.02.